The highest BCUT2D eigenvalue weighted by Gasteiger charge is 2.33. The first kappa shape index (κ1) is 19.9. The van der Waals surface area contributed by atoms with Crippen LogP contribution in [-0.4, -0.2) is 18.2 Å². The molecule has 0 bridgehead atoms. The van der Waals surface area contributed by atoms with E-state index in [0.717, 1.165) is 22.3 Å². The van der Waals surface area contributed by atoms with Crippen molar-refractivity contribution < 1.29 is 23.8 Å². The zero-order valence-electron chi connectivity index (χ0n) is 17.5. The number of phenolic OH excluding ortho intramolecular Hbond substituents is 1. The number of carbonyl (C=O) groups is 1. The van der Waals surface area contributed by atoms with Crippen LogP contribution in [0.1, 0.15) is 29.0 Å². The molecule has 0 spiro atoms. The van der Waals surface area contributed by atoms with Gasteiger partial charge in [0.15, 0.2) is 11.5 Å². The molecule has 2 heterocycles. The van der Waals surface area contributed by atoms with Crippen LogP contribution in [-0.2, 0) is 4.79 Å². The minimum Gasteiger partial charge on any atom is -0.504 e. The number of hydrogen-bond acceptors (Lipinski definition) is 6. The molecule has 160 valence electrons. The second-order valence-corrected chi connectivity index (χ2v) is 7.82. The molecular weight excluding hydrogens is 408 g/mol. The van der Waals surface area contributed by atoms with Crippen LogP contribution < -0.4 is 15.1 Å². The standard InChI is InChI=1S/C26H20O6/c1-14-10-21-25(17(12-22(28)31-21)15-6-4-3-5-7-15)26-24(14)18(13-23(29)32-26)16-8-9-20(30-2)19(27)11-16/h3-12,18,27H,13H2,1-2H3/t18-/m0/s1. The Kier molecular flexibility index (Phi) is 4.70. The zero-order chi connectivity index (χ0) is 22.4. The third-order valence-corrected chi connectivity index (χ3v) is 5.86. The van der Waals surface area contributed by atoms with E-state index in [4.69, 9.17) is 13.9 Å². The van der Waals surface area contributed by atoms with Crippen LogP contribution >= 0.6 is 0 Å². The van der Waals surface area contributed by atoms with E-state index in [2.05, 4.69) is 0 Å². The van der Waals surface area contributed by atoms with E-state index < -0.39 is 11.6 Å². The highest BCUT2D eigenvalue weighted by molar-refractivity contribution is 6.01. The average molecular weight is 428 g/mol. The van der Waals surface area contributed by atoms with Gasteiger partial charge >= 0.3 is 11.6 Å². The predicted molar refractivity (Wildman–Crippen MR) is 119 cm³/mol. The number of esters is 1. The van der Waals surface area contributed by atoms with Gasteiger partial charge in [-0.1, -0.05) is 36.4 Å². The molecule has 0 unspecified atom stereocenters. The number of carbonyl (C=O) groups excluding carboxylic acids is 1. The topological polar surface area (TPSA) is 86.0 Å². The third-order valence-electron chi connectivity index (χ3n) is 5.86. The fourth-order valence-corrected chi connectivity index (χ4v) is 4.45. The summed E-state index contributed by atoms with van der Waals surface area (Å²) in [6, 6.07) is 17.8. The number of phenols is 1. The van der Waals surface area contributed by atoms with Crippen molar-refractivity contribution in [3.8, 4) is 28.4 Å². The number of ether oxygens (including phenoxy) is 2. The van der Waals surface area contributed by atoms with Crippen LogP contribution in [0.2, 0.25) is 0 Å². The third kappa shape index (κ3) is 3.21. The fourth-order valence-electron chi connectivity index (χ4n) is 4.45. The normalized spacial score (nSPS) is 15.3. The molecule has 0 amide bonds. The van der Waals surface area contributed by atoms with Gasteiger partial charge in [-0.25, -0.2) is 4.79 Å². The highest BCUT2D eigenvalue weighted by Crippen LogP contribution is 2.48. The van der Waals surface area contributed by atoms with Gasteiger partial charge in [-0.3, -0.25) is 4.79 Å². The van der Waals surface area contributed by atoms with E-state index in [-0.39, 0.29) is 18.1 Å². The van der Waals surface area contributed by atoms with Gasteiger partial charge in [0.1, 0.15) is 11.3 Å². The predicted octanol–water partition coefficient (Wildman–Crippen LogP) is 4.92. The quantitative estimate of drug-likeness (QED) is 0.283. The van der Waals surface area contributed by atoms with Crippen molar-refractivity contribution in [3.63, 3.8) is 0 Å². The first-order valence-electron chi connectivity index (χ1n) is 10.2. The summed E-state index contributed by atoms with van der Waals surface area (Å²) in [5.74, 6) is 0.0210. The number of methoxy groups -OCH3 is 1. The van der Waals surface area contributed by atoms with Gasteiger partial charge in [-0.15, -0.1) is 0 Å². The van der Waals surface area contributed by atoms with E-state index in [9.17, 15) is 14.7 Å². The lowest BCUT2D eigenvalue weighted by Gasteiger charge is -2.28. The maximum atomic E-state index is 12.7. The molecule has 1 N–H and O–H groups in total. The lowest BCUT2D eigenvalue weighted by atomic mass is 9.82. The summed E-state index contributed by atoms with van der Waals surface area (Å²) in [7, 11) is 1.48. The van der Waals surface area contributed by atoms with E-state index in [0.29, 0.717) is 28.0 Å². The zero-order valence-corrected chi connectivity index (χ0v) is 17.5. The molecule has 0 aliphatic carbocycles. The van der Waals surface area contributed by atoms with Crippen molar-refractivity contribution in [2.24, 2.45) is 0 Å². The Bertz CT molecular complexity index is 1420. The summed E-state index contributed by atoms with van der Waals surface area (Å²) < 4.78 is 16.4. The van der Waals surface area contributed by atoms with Crippen molar-refractivity contribution in [1.82, 2.24) is 0 Å². The number of hydrogen-bond donors (Lipinski definition) is 1. The van der Waals surface area contributed by atoms with Crippen molar-refractivity contribution in [3.05, 3.63) is 87.8 Å². The molecule has 1 aliphatic heterocycles. The van der Waals surface area contributed by atoms with E-state index in [1.807, 2.05) is 43.3 Å². The maximum Gasteiger partial charge on any atom is 0.336 e. The molecule has 0 radical (unpaired) electrons. The van der Waals surface area contributed by atoms with Crippen LogP contribution in [0.5, 0.6) is 17.2 Å². The minimum atomic E-state index is -0.477. The molecule has 32 heavy (non-hydrogen) atoms. The number of aryl methyl sites for hydroxylation is 1. The molecule has 1 aliphatic rings. The summed E-state index contributed by atoms with van der Waals surface area (Å²) in [6.07, 6.45) is 0.128. The second kappa shape index (κ2) is 7.57. The molecule has 1 atom stereocenters. The van der Waals surface area contributed by atoms with Crippen LogP contribution in [0.25, 0.3) is 22.1 Å². The molecule has 6 heteroatoms. The lowest BCUT2D eigenvalue weighted by Crippen LogP contribution is -2.22. The second-order valence-electron chi connectivity index (χ2n) is 7.82. The van der Waals surface area contributed by atoms with Gasteiger partial charge in [0, 0.05) is 23.1 Å². The maximum absolute atomic E-state index is 12.7. The summed E-state index contributed by atoms with van der Waals surface area (Å²) in [5.41, 5.74) is 3.76. The first-order valence-corrected chi connectivity index (χ1v) is 10.2. The molecule has 3 aromatic carbocycles. The number of rotatable bonds is 3. The van der Waals surface area contributed by atoms with E-state index in [1.165, 1.54) is 13.2 Å². The Labute approximate surface area is 183 Å². The van der Waals surface area contributed by atoms with Gasteiger partial charge < -0.3 is 19.0 Å². The van der Waals surface area contributed by atoms with Crippen LogP contribution in [0.3, 0.4) is 0 Å². The van der Waals surface area contributed by atoms with Gasteiger partial charge in [0.05, 0.1) is 18.9 Å². The SMILES string of the molecule is COc1ccc([C@@H]2CC(=O)Oc3c2c(C)cc2oc(=O)cc(-c4ccccc4)c32)cc1O. The Morgan fingerprint density at radius 1 is 1.03 bits per heavy atom. The Morgan fingerprint density at radius 3 is 2.53 bits per heavy atom. The number of aromatic hydroxyl groups is 1. The van der Waals surface area contributed by atoms with Crippen LogP contribution in [0.15, 0.2) is 69.9 Å². The van der Waals surface area contributed by atoms with Crippen molar-refractivity contribution >= 4 is 16.9 Å². The number of benzene rings is 3. The van der Waals surface area contributed by atoms with Gasteiger partial charge in [0.2, 0.25) is 0 Å². The van der Waals surface area contributed by atoms with Crippen LogP contribution in [0.4, 0.5) is 0 Å². The molecule has 0 saturated carbocycles. The van der Waals surface area contributed by atoms with Crippen molar-refractivity contribution in [1.29, 1.82) is 0 Å². The van der Waals surface area contributed by atoms with Gasteiger partial charge in [-0.2, -0.15) is 0 Å². The highest BCUT2D eigenvalue weighted by atomic mass is 16.5. The van der Waals surface area contributed by atoms with Gasteiger partial charge in [-0.05, 0) is 41.8 Å². The van der Waals surface area contributed by atoms with Gasteiger partial charge in [0.25, 0.3) is 0 Å². The molecule has 1 aromatic heterocycles. The van der Waals surface area contributed by atoms with E-state index in [1.54, 1.807) is 18.2 Å². The first-order chi connectivity index (χ1) is 15.5. The minimum absolute atomic E-state index is 0.0000886. The molecule has 4 aromatic rings. The van der Waals surface area contributed by atoms with Crippen molar-refractivity contribution in [2.45, 2.75) is 19.3 Å². The summed E-state index contributed by atoms with van der Waals surface area (Å²) in [6.45, 7) is 1.89. The Morgan fingerprint density at radius 2 is 1.81 bits per heavy atom. The van der Waals surface area contributed by atoms with E-state index >= 15 is 0 Å². The fraction of sp³-hybridized carbons (Fsp3) is 0.154. The molecule has 6 nitrogen and oxygen atoms in total. The Hall–Kier alpha value is -4.06. The summed E-state index contributed by atoms with van der Waals surface area (Å²) in [4.78, 5) is 25.0. The van der Waals surface area contributed by atoms with Crippen LogP contribution in [0, 0.1) is 6.92 Å². The Balaban J connectivity index is 1.81. The molecule has 0 saturated heterocycles. The average Bonchev–Trinajstić information content (AvgIpc) is 2.78. The smallest absolute Gasteiger partial charge is 0.336 e. The molecule has 0 fully saturated rings. The largest absolute Gasteiger partial charge is 0.504 e. The summed E-state index contributed by atoms with van der Waals surface area (Å²) >= 11 is 0. The lowest BCUT2D eigenvalue weighted by molar-refractivity contribution is -0.135. The monoisotopic (exact) mass is 428 g/mol. The summed E-state index contributed by atoms with van der Waals surface area (Å²) in [5, 5.41) is 10.9. The van der Waals surface area contributed by atoms with Crippen molar-refractivity contribution in [2.75, 3.05) is 7.11 Å². The number of fused-ring (bicyclic) bond motifs is 3. The molecular formula is C26H20O6. The molecule has 5 rings (SSSR count).